The van der Waals surface area contributed by atoms with Crippen molar-refractivity contribution in [2.45, 2.75) is 28.7 Å². The van der Waals surface area contributed by atoms with Gasteiger partial charge in [-0.25, -0.2) is 4.79 Å². The van der Waals surface area contributed by atoms with Crippen LogP contribution >= 0.6 is 29.5 Å². The molecule has 2 aliphatic heterocycles. The first kappa shape index (κ1) is 17.1. The van der Waals surface area contributed by atoms with Gasteiger partial charge in [-0.2, -0.15) is 0 Å². The Hall–Kier alpha value is -0.300. The summed E-state index contributed by atoms with van der Waals surface area (Å²) in [5.74, 6) is 0. The summed E-state index contributed by atoms with van der Waals surface area (Å²) in [6, 6.07) is -0.299. The molecular weight excluding hydrogens is 402 g/mol. The van der Waals surface area contributed by atoms with Gasteiger partial charge >= 0.3 is 6.03 Å². The fourth-order valence-electron chi connectivity index (χ4n) is 2.42. The van der Waals surface area contributed by atoms with Crippen LogP contribution in [0.5, 0.6) is 0 Å². The molecule has 2 heterocycles. The molecule has 21 heavy (non-hydrogen) atoms. The molecule has 0 aromatic heterocycles. The number of carbonyl (C=O) groups is 1. The summed E-state index contributed by atoms with van der Waals surface area (Å²) in [6.07, 6.45) is 6.63. The zero-order valence-corrected chi connectivity index (χ0v) is 15.4. The number of hydrogen-bond acceptors (Lipinski definition) is 3. The summed E-state index contributed by atoms with van der Waals surface area (Å²) < 4.78 is 5.97. The van der Waals surface area contributed by atoms with Gasteiger partial charge < -0.3 is 20.5 Å². The van der Waals surface area contributed by atoms with Crippen LogP contribution in [0.3, 0.4) is 0 Å². The maximum Gasteiger partial charge on any atom is 0.323 e. The minimum atomic E-state index is -1.13. The van der Waals surface area contributed by atoms with Crippen molar-refractivity contribution in [3.63, 3.8) is 0 Å². The first-order valence-corrected chi connectivity index (χ1v) is 11.1. The third-order valence-corrected chi connectivity index (χ3v) is 6.47. The van der Waals surface area contributed by atoms with Gasteiger partial charge in [-0.15, -0.1) is 13.2 Å². The Morgan fingerprint density at radius 2 is 2.19 bits per heavy atom. The molecule has 0 aromatic rings. The highest BCUT2D eigenvalue weighted by Gasteiger charge is 2.44. The molecule has 7 heteroatoms. The highest BCUT2D eigenvalue weighted by molar-refractivity contribution is 14.1. The first-order valence-electron chi connectivity index (χ1n) is 6.81. The molecule has 5 nitrogen and oxygen atoms in total. The summed E-state index contributed by atoms with van der Waals surface area (Å²) in [5.41, 5.74) is 1.32. The Morgan fingerprint density at radius 3 is 2.76 bits per heavy atom. The van der Waals surface area contributed by atoms with Crippen molar-refractivity contribution in [3.8, 4) is 0 Å². The van der Waals surface area contributed by atoms with E-state index in [2.05, 4.69) is 59.4 Å². The van der Waals surface area contributed by atoms with Crippen LogP contribution < -0.4 is 10.6 Å². The molecule has 2 rings (SSSR count). The second-order valence-corrected chi connectivity index (χ2v) is 11.9. The quantitative estimate of drug-likeness (QED) is 0.366. The molecule has 1 fully saturated rings. The molecule has 0 unspecified atom stereocenters. The fraction of sp³-hybridized carbons (Fsp3) is 0.571. The predicted octanol–water partition coefficient (Wildman–Crippen LogP) is 1.73. The molecule has 0 radical (unpaired) electrons. The van der Waals surface area contributed by atoms with E-state index < -0.39 is 13.0 Å². The molecule has 0 bridgehead atoms. The van der Waals surface area contributed by atoms with E-state index in [-0.39, 0.29) is 22.2 Å². The average molecular weight is 424 g/mol. The molecule has 4 atom stereocenters. The van der Waals surface area contributed by atoms with Crippen molar-refractivity contribution >= 4 is 41.8 Å². The summed E-state index contributed by atoms with van der Waals surface area (Å²) in [5, 5.41) is 15.6. The van der Waals surface area contributed by atoms with Gasteiger partial charge in [-0.05, 0) is 25.9 Å². The van der Waals surface area contributed by atoms with E-state index in [1.807, 2.05) is 0 Å². The van der Waals surface area contributed by atoms with E-state index in [4.69, 9.17) is 4.74 Å². The Kier molecular flexibility index (Phi) is 5.23. The average Bonchev–Trinajstić information content (AvgIpc) is 2.64. The lowest BCUT2D eigenvalue weighted by Gasteiger charge is -2.24. The number of urea groups is 1. The maximum atomic E-state index is 11.2. The third kappa shape index (κ3) is 4.12. The van der Waals surface area contributed by atoms with E-state index in [1.54, 1.807) is 6.20 Å². The molecule has 0 saturated carbocycles. The summed E-state index contributed by atoms with van der Waals surface area (Å²) in [7, 11) is 0. The number of amides is 2. The van der Waals surface area contributed by atoms with E-state index >= 15 is 0 Å². The van der Waals surface area contributed by atoms with Crippen molar-refractivity contribution in [2.24, 2.45) is 0 Å². The van der Waals surface area contributed by atoms with Gasteiger partial charge in [0, 0.05) is 17.5 Å². The van der Waals surface area contributed by atoms with Gasteiger partial charge in [0.05, 0.1) is 16.1 Å². The minimum absolute atomic E-state index is 0.0707. The molecule has 2 aliphatic rings. The monoisotopic (exact) mass is 424 g/mol. The van der Waals surface area contributed by atoms with Crippen molar-refractivity contribution < 1.29 is 14.6 Å². The molecule has 2 amide bonds. The van der Waals surface area contributed by atoms with Crippen LogP contribution in [-0.4, -0.2) is 59.2 Å². The smallest absolute Gasteiger partial charge is 0.323 e. The Labute approximate surface area is 139 Å². The Bertz CT molecular complexity index is 528. The van der Waals surface area contributed by atoms with Crippen molar-refractivity contribution in [2.75, 3.05) is 19.5 Å². The first-order chi connectivity index (χ1) is 9.69. The molecular formula is C14H22IN2O3P. The lowest BCUT2D eigenvalue weighted by Crippen LogP contribution is -2.40. The number of hydrogen-bond donors (Lipinski definition) is 3. The molecule has 1 saturated heterocycles. The van der Waals surface area contributed by atoms with Gasteiger partial charge in [0.15, 0.2) is 0 Å². The second kappa shape index (κ2) is 6.44. The summed E-state index contributed by atoms with van der Waals surface area (Å²) in [6.45, 7) is 7.08. The number of halogens is 1. The summed E-state index contributed by atoms with van der Waals surface area (Å²) >= 11 is 2.21. The molecule has 118 valence electrons. The number of nitrogens with one attached hydrogen (secondary N) is 2. The van der Waals surface area contributed by atoms with Crippen LogP contribution in [0.4, 0.5) is 4.79 Å². The largest absolute Gasteiger partial charge is 0.389 e. The standard InChI is InChI=1S/C14H22IN2O3P/c1-8-9(7-16-14(19)17-8)13-11(15)12(18)10(20-13)5-6-21(2,3)4/h7,10-13,18H,1-2,5-6H2,3-4H3,(H2,16,17,19)/t10-,11-,12-,13+/m1/s1. The normalized spacial score (nSPS) is 33.4. The minimum Gasteiger partial charge on any atom is -0.389 e. The van der Waals surface area contributed by atoms with Gasteiger partial charge in [-0.1, -0.05) is 29.2 Å². The lowest BCUT2D eigenvalue weighted by molar-refractivity contribution is 0.0202. The number of aliphatic hydroxyl groups is 1. The molecule has 0 aromatic carbocycles. The number of carbonyl (C=O) groups excluding carboxylic acids is 1. The van der Waals surface area contributed by atoms with Crippen LogP contribution in [0.15, 0.2) is 24.0 Å². The van der Waals surface area contributed by atoms with Crippen molar-refractivity contribution in [3.05, 3.63) is 24.0 Å². The van der Waals surface area contributed by atoms with Crippen LogP contribution in [0.25, 0.3) is 0 Å². The third-order valence-electron chi connectivity index (χ3n) is 3.61. The molecule has 0 spiro atoms. The SMILES string of the molecule is C=C1NC(=O)NC=C1[C@@H]1O[C@H](CCP(=C)(C)C)[C@@H](O)[C@H]1I. The Balaban J connectivity index is 2.08. The van der Waals surface area contributed by atoms with Gasteiger partial charge in [0.2, 0.25) is 0 Å². The van der Waals surface area contributed by atoms with Gasteiger partial charge in [0.25, 0.3) is 0 Å². The van der Waals surface area contributed by atoms with Crippen LogP contribution in [0.1, 0.15) is 6.42 Å². The number of alkyl halides is 1. The number of aliphatic hydroxyl groups excluding tert-OH is 1. The molecule has 3 N–H and O–H groups in total. The van der Waals surface area contributed by atoms with E-state index in [0.29, 0.717) is 5.70 Å². The zero-order valence-electron chi connectivity index (χ0n) is 12.3. The summed E-state index contributed by atoms with van der Waals surface area (Å²) in [4.78, 5) is 11.2. The highest BCUT2D eigenvalue weighted by atomic mass is 127. The van der Waals surface area contributed by atoms with Gasteiger partial charge in [-0.3, -0.25) is 0 Å². The fourth-order valence-corrected chi connectivity index (χ4v) is 4.39. The van der Waals surface area contributed by atoms with Crippen LogP contribution in [0.2, 0.25) is 0 Å². The lowest BCUT2D eigenvalue weighted by atomic mass is 10.0. The van der Waals surface area contributed by atoms with Gasteiger partial charge in [0.1, 0.15) is 6.10 Å². The molecule has 0 aliphatic carbocycles. The Morgan fingerprint density at radius 1 is 1.52 bits per heavy atom. The topological polar surface area (TPSA) is 70.6 Å². The van der Waals surface area contributed by atoms with Crippen LogP contribution in [-0.2, 0) is 4.74 Å². The predicted molar refractivity (Wildman–Crippen MR) is 96.7 cm³/mol. The van der Waals surface area contributed by atoms with Crippen LogP contribution in [0, 0.1) is 0 Å². The number of rotatable bonds is 4. The van der Waals surface area contributed by atoms with E-state index in [0.717, 1.165) is 18.2 Å². The van der Waals surface area contributed by atoms with E-state index in [1.165, 1.54) is 0 Å². The number of ether oxygens (including phenoxy) is 1. The van der Waals surface area contributed by atoms with Crippen molar-refractivity contribution in [1.29, 1.82) is 0 Å². The second-order valence-electron chi connectivity index (χ2n) is 6.15. The van der Waals surface area contributed by atoms with Crippen molar-refractivity contribution in [1.82, 2.24) is 10.6 Å². The maximum absolute atomic E-state index is 11.2. The zero-order chi connectivity index (χ0) is 15.8. The highest BCUT2D eigenvalue weighted by Crippen LogP contribution is 2.40. The van der Waals surface area contributed by atoms with E-state index in [9.17, 15) is 9.90 Å².